The molecule has 0 radical (unpaired) electrons. The first-order valence-electron chi connectivity index (χ1n) is 5.26. The maximum Gasteiger partial charge on any atom is 0.158 e. The largest absolute Gasteiger partial charge is 0.295 e. The van der Waals surface area contributed by atoms with Crippen LogP contribution in [0.1, 0.15) is 30.0 Å². The minimum atomic E-state index is 0.163. The predicted octanol–water partition coefficient (Wildman–Crippen LogP) is 3.38. The molecule has 0 aliphatic rings. The van der Waals surface area contributed by atoms with Crippen molar-refractivity contribution in [1.82, 2.24) is 0 Å². The molecule has 1 aromatic rings. The summed E-state index contributed by atoms with van der Waals surface area (Å²) in [6.07, 6.45) is 1.39. The summed E-state index contributed by atoms with van der Waals surface area (Å²) >= 11 is 0. The van der Waals surface area contributed by atoms with Gasteiger partial charge in [-0.15, -0.1) is 0 Å². The van der Waals surface area contributed by atoms with Crippen molar-refractivity contribution < 1.29 is 4.79 Å². The molecule has 80 valence electrons. The first-order chi connectivity index (χ1) is 7.02. The summed E-state index contributed by atoms with van der Waals surface area (Å²) in [5, 5.41) is 0. The molecule has 0 spiro atoms. The van der Waals surface area contributed by atoms with Crippen molar-refractivity contribution in [1.29, 1.82) is 0 Å². The van der Waals surface area contributed by atoms with Crippen molar-refractivity contribution >= 4 is 5.78 Å². The standard InChI is InChI=1S/C14H18O/c1-10(2)14(15)9-8-13-7-5-6-11(3)12(13)4/h5-7H,1,8-9H2,2-4H3. The molecule has 0 bridgehead atoms. The lowest BCUT2D eigenvalue weighted by Crippen LogP contribution is -2.02. The van der Waals surface area contributed by atoms with E-state index >= 15 is 0 Å². The van der Waals surface area contributed by atoms with Crippen molar-refractivity contribution in [3.8, 4) is 0 Å². The van der Waals surface area contributed by atoms with Crippen molar-refractivity contribution in [3.63, 3.8) is 0 Å². The quantitative estimate of drug-likeness (QED) is 0.684. The molecule has 0 fully saturated rings. The van der Waals surface area contributed by atoms with E-state index in [1.165, 1.54) is 16.7 Å². The van der Waals surface area contributed by atoms with Crippen molar-refractivity contribution in [2.75, 3.05) is 0 Å². The van der Waals surface area contributed by atoms with Crippen LogP contribution >= 0.6 is 0 Å². The minimum absolute atomic E-state index is 0.163. The van der Waals surface area contributed by atoms with E-state index in [4.69, 9.17) is 0 Å². The number of hydrogen-bond donors (Lipinski definition) is 0. The molecule has 1 rings (SSSR count). The van der Waals surface area contributed by atoms with Crippen LogP contribution in [-0.4, -0.2) is 5.78 Å². The number of Topliss-reactive ketones (excluding diaryl/α,β-unsaturated/α-hetero) is 1. The van der Waals surface area contributed by atoms with Gasteiger partial charge < -0.3 is 0 Å². The van der Waals surface area contributed by atoms with Gasteiger partial charge in [-0.1, -0.05) is 24.8 Å². The topological polar surface area (TPSA) is 17.1 Å². The summed E-state index contributed by atoms with van der Waals surface area (Å²) in [5.74, 6) is 0.163. The number of aryl methyl sites for hydroxylation is 2. The third-order valence-corrected chi connectivity index (χ3v) is 2.81. The van der Waals surface area contributed by atoms with Crippen LogP contribution in [0.5, 0.6) is 0 Å². The Morgan fingerprint density at radius 3 is 2.60 bits per heavy atom. The fourth-order valence-corrected chi connectivity index (χ4v) is 1.54. The lowest BCUT2D eigenvalue weighted by molar-refractivity contribution is -0.115. The molecule has 0 heterocycles. The third-order valence-electron chi connectivity index (χ3n) is 2.81. The normalized spacial score (nSPS) is 10.1. The Morgan fingerprint density at radius 2 is 2.00 bits per heavy atom. The van der Waals surface area contributed by atoms with Gasteiger partial charge in [0.15, 0.2) is 5.78 Å². The van der Waals surface area contributed by atoms with Gasteiger partial charge in [0.1, 0.15) is 0 Å². The van der Waals surface area contributed by atoms with Gasteiger partial charge >= 0.3 is 0 Å². The molecular formula is C14H18O. The fourth-order valence-electron chi connectivity index (χ4n) is 1.54. The van der Waals surface area contributed by atoms with E-state index in [0.717, 1.165) is 6.42 Å². The summed E-state index contributed by atoms with van der Waals surface area (Å²) < 4.78 is 0. The number of allylic oxidation sites excluding steroid dienone is 1. The second kappa shape index (κ2) is 4.92. The first kappa shape index (κ1) is 11.7. The van der Waals surface area contributed by atoms with E-state index in [1.54, 1.807) is 6.92 Å². The smallest absolute Gasteiger partial charge is 0.158 e. The van der Waals surface area contributed by atoms with Crippen LogP contribution in [0.2, 0.25) is 0 Å². The summed E-state index contributed by atoms with van der Waals surface area (Å²) in [5.41, 5.74) is 4.51. The van der Waals surface area contributed by atoms with Gasteiger partial charge in [-0.05, 0) is 49.5 Å². The zero-order chi connectivity index (χ0) is 11.4. The molecule has 1 aromatic carbocycles. The third kappa shape index (κ3) is 3.05. The van der Waals surface area contributed by atoms with Gasteiger partial charge in [0, 0.05) is 6.42 Å². The minimum Gasteiger partial charge on any atom is -0.295 e. The average molecular weight is 202 g/mol. The monoisotopic (exact) mass is 202 g/mol. The van der Waals surface area contributed by atoms with Crippen LogP contribution in [0, 0.1) is 13.8 Å². The van der Waals surface area contributed by atoms with Gasteiger partial charge in [-0.2, -0.15) is 0 Å². The lowest BCUT2D eigenvalue weighted by atomic mass is 9.98. The molecule has 1 heteroatoms. The second-order valence-corrected chi connectivity index (χ2v) is 4.06. The van der Waals surface area contributed by atoms with Crippen LogP contribution in [0.3, 0.4) is 0 Å². The Kier molecular flexibility index (Phi) is 3.84. The Morgan fingerprint density at radius 1 is 1.33 bits per heavy atom. The van der Waals surface area contributed by atoms with Gasteiger partial charge in [0.05, 0.1) is 0 Å². The van der Waals surface area contributed by atoms with E-state index in [9.17, 15) is 4.79 Å². The summed E-state index contributed by atoms with van der Waals surface area (Å²) in [6.45, 7) is 9.63. The highest BCUT2D eigenvalue weighted by Crippen LogP contribution is 2.15. The fraction of sp³-hybridized carbons (Fsp3) is 0.357. The highest BCUT2D eigenvalue weighted by Gasteiger charge is 2.05. The zero-order valence-electron chi connectivity index (χ0n) is 9.76. The molecule has 0 saturated carbocycles. The van der Waals surface area contributed by atoms with E-state index in [-0.39, 0.29) is 5.78 Å². The van der Waals surface area contributed by atoms with Gasteiger partial charge in [0.2, 0.25) is 0 Å². The number of ketones is 1. The number of hydrogen-bond acceptors (Lipinski definition) is 1. The molecule has 15 heavy (non-hydrogen) atoms. The second-order valence-electron chi connectivity index (χ2n) is 4.06. The van der Waals surface area contributed by atoms with E-state index in [0.29, 0.717) is 12.0 Å². The lowest BCUT2D eigenvalue weighted by Gasteiger charge is -2.07. The average Bonchev–Trinajstić information content (AvgIpc) is 2.19. The molecule has 0 unspecified atom stereocenters. The van der Waals surface area contributed by atoms with E-state index in [2.05, 4.69) is 32.6 Å². The van der Waals surface area contributed by atoms with Crippen LogP contribution in [0.15, 0.2) is 30.4 Å². The maximum absolute atomic E-state index is 11.4. The molecule has 0 aromatic heterocycles. The predicted molar refractivity (Wildman–Crippen MR) is 64.1 cm³/mol. The molecule has 0 saturated heterocycles. The van der Waals surface area contributed by atoms with Crippen LogP contribution < -0.4 is 0 Å². The Hall–Kier alpha value is -1.37. The van der Waals surface area contributed by atoms with E-state index in [1.807, 2.05) is 6.07 Å². The van der Waals surface area contributed by atoms with Crippen molar-refractivity contribution in [2.24, 2.45) is 0 Å². The Labute approximate surface area is 91.8 Å². The molecule has 1 nitrogen and oxygen atoms in total. The molecule has 0 aliphatic heterocycles. The van der Waals surface area contributed by atoms with Gasteiger partial charge in [-0.25, -0.2) is 0 Å². The van der Waals surface area contributed by atoms with Crippen molar-refractivity contribution in [3.05, 3.63) is 47.0 Å². The molecule has 0 N–H and O–H groups in total. The Balaban J connectivity index is 2.70. The van der Waals surface area contributed by atoms with E-state index < -0.39 is 0 Å². The highest BCUT2D eigenvalue weighted by molar-refractivity contribution is 5.94. The van der Waals surface area contributed by atoms with Crippen molar-refractivity contribution in [2.45, 2.75) is 33.6 Å². The van der Waals surface area contributed by atoms with Crippen LogP contribution in [0.25, 0.3) is 0 Å². The number of carbonyl (C=O) groups is 1. The highest BCUT2D eigenvalue weighted by atomic mass is 16.1. The molecular weight excluding hydrogens is 184 g/mol. The molecule has 0 atom stereocenters. The summed E-state index contributed by atoms with van der Waals surface area (Å²) in [6, 6.07) is 6.23. The maximum atomic E-state index is 11.4. The number of benzene rings is 1. The van der Waals surface area contributed by atoms with Crippen LogP contribution in [-0.2, 0) is 11.2 Å². The van der Waals surface area contributed by atoms with Gasteiger partial charge in [-0.3, -0.25) is 4.79 Å². The summed E-state index contributed by atoms with van der Waals surface area (Å²) in [4.78, 5) is 11.4. The first-order valence-corrected chi connectivity index (χ1v) is 5.26. The molecule has 0 amide bonds. The van der Waals surface area contributed by atoms with Crippen LogP contribution in [0.4, 0.5) is 0 Å². The summed E-state index contributed by atoms with van der Waals surface area (Å²) in [7, 11) is 0. The van der Waals surface area contributed by atoms with Gasteiger partial charge in [0.25, 0.3) is 0 Å². The molecule has 0 aliphatic carbocycles. The Bertz CT molecular complexity index is 388. The number of carbonyl (C=O) groups excluding carboxylic acids is 1. The SMILES string of the molecule is C=C(C)C(=O)CCc1cccc(C)c1C. The zero-order valence-corrected chi connectivity index (χ0v) is 9.76. The number of rotatable bonds is 4.